The zero-order valence-corrected chi connectivity index (χ0v) is 8.76. The monoisotopic (exact) mass is 252 g/mol. The van der Waals surface area contributed by atoms with Crippen LogP contribution < -0.4 is 4.90 Å². The number of pyridine rings is 1. The Kier molecular flexibility index (Phi) is 2.71. The summed E-state index contributed by atoms with van der Waals surface area (Å²) >= 11 is 5.70. The summed E-state index contributed by atoms with van der Waals surface area (Å²) in [5, 5.41) is 9.01. The average Bonchev–Trinajstić information content (AvgIpc) is 2.12. The van der Waals surface area contributed by atoms with E-state index in [-0.39, 0.29) is 10.8 Å². The van der Waals surface area contributed by atoms with Crippen LogP contribution in [0.15, 0.2) is 12.3 Å². The smallest absolute Gasteiger partial charge is 0.389 e. The highest BCUT2D eigenvalue weighted by molar-refractivity contribution is 6.33. The standard InChI is InChI=1S/C9H8ClF3N2O/c10-7-1-5(9(11,12)13)2-14-8(7)15-3-6(16)4-15/h1-2,6,16H,3-4H2. The van der Waals surface area contributed by atoms with E-state index in [0.717, 1.165) is 12.3 Å². The third kappa shape index (κ3) is 2.08. The molecule has 1 aromatic heterocycles. The van der Waals surface area contributed by atoms with Crippen molar-refractivity contribution in [3.05, 3.63) is 22.8 Å². The SMILES string of the molecule is OC1CN(c2ncc(C(F)(F)F)cc2Cl)C1. The van der Waals surface area contributed by atoms with Crippen molar-refractivity contribution >= 4 is 17.4 Å². The molecule has 0 amide bonds. The van der Waals surface area contributed by atoms with Crippen molar-refractivity contribution in [1.82, 2.24) is 4.98 Å². The molecule has 0 aromatic carbocycles. The largest absolute Gasteiger partial charge is 0.417 e. The number of aromatic nitrogens is 1. The molecule has 1 aromatic rings. The summed E-state index contributed by atoms with van der Waals surface area (Å²) < 4.78 is 36.9. The maximum absolute atomic E-state index is 12.3. The van der Waals surface area contributed by atoms with Crippen LogP contribution >= 0.6 is 11.6 Å². The van der Waals surface area contributed by atoms with Gasteiger partial charge in [0.05, 0.1) is 16.7 Å². The molecule has 88 valence electrons. The van der Waals surface area contributed by atoms with Crippen molar-refractivity contribution in [2.24, 2.45) is 0 Å². The van der Waals surface area contributed by atoms with Crippen molar-refractivity contribution in [2.45, 2.75) is 12.3 Å². The number of aliphatic hydroxyl groups is 1. The lowest BCUT2D eigenvalue weighted by atomic mass is 10.1. The molecule has 0 spiro atoms. The molecule has 0 saturated carbocycles. The van der Waals surface area contributed by atoms with Crippen molar-refractivity contribution < 1.29 is 18.3 Å². The fraction of sp³-hybridized carbons (Fsp3) is 0.444. The molecular weight excluding hydrogens is 245 g/mol. The van der Waals surface area contributed by atoms with Gasteiger partial charge in [-0.3, -0.25) is 0 Å². The van der Waals surface area contributed by atoms with Crippen LogP contribution in [0.25, 0.3) is 0 Å². The number of anilines is 1. The van der Waals surface area contributed by atoms with E-state index < -0.39 is 17.8 Å². The van der Waals surface area contributed by atoms with E-state index in [0.29, 0.717) is 13.1 Å². The van der Waals surface area contributed by atoms with Gasteiger partial charge in [0.2, 0.25) is 0 Å². The zero-order valence-electron chi connectivity index (χ0n) is 8.00. The van der Waals surface area contributed by atoms with E-state index in [4.69, 9.17) is 16.7 Å². The summed E-state index contributed by atoms with van der Waals surface area (Å²) in [6.45, 7) is 0.691. The lowest BCUT2D eigenvalue weighted by molar-refractivity contribution is -0.137. The van der Waals surface area contributed by atoms with Gasteiger partial charge in [0.15, 0.2) is 0 Å². The highest BCUT2D eigenvalue weighted by Crippen LogP contribution is 2.34. The summed E-state index contributed by atoms with van der Waals surface area (Å²) in [5.74, 6) is 0.278. The Morgan fingerprint density at radius 3 is 2.50 bits per heavy atom. The van der Waals surface area contributed by atoms with Crippen molar-refractivity contribution in [1.29, 1.82) is 0 Å². The zero-order chi connectivity index (χ0) is 11.9. The van der Waals surface area contributed by atoms with Crippen molar-refractivity contribution in [3.8, 4) is 0 Å². The third-order valence-corrected chi connectivity index (χ3v) is 2.59. The van der Waals surface area contributed by atoms with Gasteiger partial charge in [-0.05, 0) is 6.07 Å². The van der Waals surface area contributed by atoms with Crippen LogP contribution in [0.3, 0.4) is 0 Å². The molecule has 0 aliphatic carbocycles. The highest BCUT2D eigenvalue weighted by atomic mass is 35.5. The van der Waals surface area contributed by atoms with Crippen LogP contribution in [0.1, 0.15) is 5.56 Å². The molecule has 7 heteroatoms. The minimum absolute atomic E-state index is 0.0540. The van der Waals surface area contributed by atoms with E-state index in [1.54, 1.807) is 4.90 Å². The Hall–Kier alpha value is -1.01. The first-order chi connectivity index (χ1) is 7.38. The van der Waals surface area contributed by atoms with E-state index >= 15 is 0 Å². The van der Waals surface area contributed by atoms with Crippen molar-refractivity contribution in [2.75, 3.05) is 18.0 Å². The molecule has 3 nitrogen and oxygen atoms in total. The van der Waals surface area contributed by atoms with Gasteiger partial charge in [-0.2, -0.15) is 13.2 Å². The van der Waals surface area contributed by atoms with Crippen LogP contribution in [-0.4, -0.2) is 29.3 Å². The van der Waals surface area contributed by atoms with E-state index in [1.807, 2.05) is 0 Å². The first-order valence-electron chi connectivity index (χ1n) is 4.53. The Morgan fingerprint density at radius 2 is 2.06 bits per heavy atom. The maximum Gasteiger partial charge on any atom is 0.417 e. The van der Waals surface area contributed by atoms with Crippen LogP contribution in [0, 0.1) is 0 Å². The van der Waals surface area contributed by atoms with E-state index in [1.165, 1.54) is 0 Å². The lowest BCUT2D eigenvalue weighted by Gasteiger charge is -2.37. The highest BCUT2D eigenvalue weighted by Gasteiger charge is 2.33. The first-order valence-corrected chi connectivity index (χ1v) is 4.91. The summed E-state index contributed by atoms with van der Waals surface area (Å²) in [5.41, 5.74) is -0.873. The Bertz CT molecular complexity index is 404. The van der Waals surface area contributed by atoms with Gasteiger partial charge in [-0.1, -0.05) is 11.6 Å². The lowest BCUT2D eigenvalue weighted by Crippen LogP contribution is -2.51. The average molecular weight is 253 g/mol. The molecule has 1 N–H and O–H groups in total. The van der Waals surface area contributed by atoms with Gasteiger partial charge in [0.25, 0.3) is 0 Å². The second kappa shape index (κ2) is 3.78. The third-order valence-electron chi connectivity index (χ3n) is 2.31. The number of halogens is 4. The fourth-order valence-corrected chi connectivity index (χ4v) is 1.73. The van der Waals surface area contributed by atoms with Gasteiger partial charge in [-0.25, -0.2) is 4.98 Å². The summed E-state index contributed by atoms with van der Waals surface area (Å²) in [4.78, 5) is 5.28. The molecule has 2 heterocycles. The minimum atomic E-state index is -4.44. The Morgan fingerprint density at radius 1 is 1.44 bits per heavy atom. The first kappa shape index (κ1) is 11.5. The molecule has 0 bridgehead atoms. The second-order valence-electron chi connectivity index (χ2n) is 3.59. The number of nitrogens with zero attached hydrogens (tertiary/aromatic N) is 2. The molecule has 0 atom stereocenters. The molecule has 0 radical (unpaired) electrons. The molecule has 1 aliphatic rings. The normalized spacial score (nSPS) is 17.4. The molecule has 2 rings (SSSR count). The van der Waals surface area contributed by atoms with Gasteiger partial charge >= 0.3 is 6.18 Å². The predicted octanol–water partition coefficient (Wildman–Crippen LogP) is 1.93. The molecular formula is C9H8ClF3N2O. The van der Waals surface area contributed by atoms with Crippen LogP contribution in [0.2, 0.25) is 5.02 Å². The minimum Gasteiger partial charge on any atom is -0.389 e. The Balaban J connectivity index is 2.24. The van der Waals surface area contributed by atoms with Gasteiger partial charge in [0.1, 0.15) is 5.82 Å². The van der Waals surface area contributed by atoms with Gasteiger partial charge < -0.3 is 10.0 Å². The van der Waals surface area contributed by atoms with Gasteiger partial charge in [-0.15, -0.1) is 0 Å². The molecule has 16 heavy (non-hydrogen) atoms. The molecule has 1 aliphatic heterocycles. The topological polar surface area (TPSA) is 36.4 Å². The van der Waals surface area contributed by atoms with Crippen LogP contribution in [-0.2, 0) is 6.18 Å². The van der Waals surface area contributed by atoms with E-state index in [9.17, 15) is 13.2 Å². The van der Waals surface area contributed by atoms with Crippen LogP contribution in [0.5, 0.6) is 0 Å². The summed E-state index contributed by atoms with van der Waals surface area (Å²) in [6.07, 6.45) is -4.16. The maximum atomic E-state index is 12.3. The summed E-state index contributed by atoms with van der Waals surface area (Å²) in [6, 6.07) is 0.842. The predicted molar refractivity (Wildman–Crippen MR) is 52.5 cm³/mol. The molecule has 0 unspecified atom stereocenters. The molecule has 1 saturated heterocycles. The quantitative estimate of drug-likeness (QED) is 0.830. The second-order valence-corrected chi connectivity index (χ2v) is 3.99. The molecule has 1 fully saturated rings. The fourth-order valence-electron chi connectivity index (χ4n) is 1.45. The number of aliphatic hydroxyl groups excluding tert-OH is 1. The van der Waals surface area contributed by atoms with Crippen LogP contribution in [0.4, 0.5) is 19.0 Å². The summed E-state index contributed by atoms with van der Waals surface area (Å²) in [7, 11) is 0. The number of hydrogen-bond donors (Lipinski definition) is 1. The number of alkyl halides is 3. The number of rotatable bonds is 1. The number of β-amino-alcohol motifs (C(OH)–C–C–N with tert-alkyl or cyclic N) is 1. The van der Waals surface area contributed by atoms with Crippen molar-refractivity contribution in [3.63, 3.8) is 0 Å². The van der Waals surface area contributed by atoms with E-state index in [2.05, 4.69) is 4.98 Å². The van der Waals surface area contributed by atoms with Gasteiger partial charge in [0, 0.05) is 19.3 Å². The Labute approximate surface area is 94.5 Å². The number of hydrogen-bond acceptors (Lipinski definition) is 3.